The van der Waals surface area contributed by atoms with Gasteiger partial charge in [0.15, 0.2) is 0 Å². The number of aromatic hydroxyl groups is 1. The number of benzene rings is 2. The Bertz CT molecular complexity index is 547. The van der Waals surface area contributed by atoms with Gasteiger partial charge in [-0.2, -0.15) is 0 Å². The summed E-state index contributed by atoms with van der Waals surface area (Å²) in [5, 5.41) is 9.12. The number of phenols is 1. The summed E-state index contributed by atoms with van der Waals surface area (Å²) in [7, 11) is 0. The molecule has 0 fully saturated rings. The van der Waals surface area contributed by atoms with Crippen molar-refractivity contribution >= 4 is 0 Å². The van der Waals surface area contributed by atoms with Gasteiger partial charge in [0, 0.05) is 0 Å². The molecule has 0 amide bonds. The van der Waals surface area contributed by atoms with Crippen LogP contribution in [0.15, 0.2) is 48.5 Å². The van der Waals surface area contributed by atoms with Crippen molar-refractivity contribution in [2.75, 3.05) is 0 Å². The molecule has 0 aliphatic heterocycles. The van der Waals surface area contributed by atoms with Crippen molar-refractivity contribution in [3.8, 4) is 17.2 Å². The van der Waals surface area contributed by atoms with Crippen LogP contribution in [-0.4, -0.2) is 11.5 Å². The van der Waals surface area contributed by atoms with Crippen LogP contribution in [0.3, 0.4) is 0 Å². The smallest absolute Gasteiger partial charge is 0.508 e. The van der Waals surface area contributed by atoms with Crippen molar-refractivity contribution in [1.82, 2.24) is 0 Å². The van der Waals surface area contributed by atoms with Gasteiger partial charge in [0.1, 0.15) is 23.9 Å². The number of phenolic OH excluding ortho intramolecular Hbond substituents is 1. The first-order valence-corrected chi connectivity index (χ1v) is 5.69. The summed E-state index contributed by atoms with van der Waals surface area (Å²) in [4.78, 5) is 0. The van der Waals surface area contributed by atoms with Gasteiger partial charge in [0.25, 0.3) is 0 Å². The summed E-state index contributed by atoms with van der Waals surface area (Å²) in [5.41, 5.74) is 0.832. The molecule has 6 heteroatoms. The fourth-order valence-electron chi connectivity index (χ4n) is 1.50. The first-order chi connectivity index (χ1) is 9.42. The molecule has 106 valence electrons. The summed E-state index contributed by atoms with van der Waals surface area (Å²) in [6.07, 6.45) is -4.70. The highest BCUT2D eigenvalue weighted by Crippen LogP contribution is 2.25. The van der Waals surface area contributed by atoms with E-state index in [-0.39, 0.29) is 18.1 Å². The van der Waals surface area contributed by atoms with E-state index < -0.39 is 6.36 Å². The number of hydrogen-bond acceptors (Lipinski definition) is 3. The number of hydrogen-bond donors (Lipinski definition) is 1. The average molecular weight is 284 g/mol. The van der Waals surface area contributed by atoms with Gasteiger partial charge in [0.05, 0.1) is 0 Å². The standard InChI is InChI=1S/C14H11F3O3/c15-14(16,17)20-13-7-5-12(6-8-13)19-9-10-1-3-11(18)4-2-10/h1-8,18H,9H2. The van der Waals surface area contributed by atoms with Crippen LogP contribution < -0.4 is 9.47 Å². The Morgan fingerprint density at radius 3 is 1.95 bits per heavy atom. The van der Waals surface area contributed by atoms with Crippen molar-refractivity contribution in [2.45, 2.75) is 13.0 Å². The summed E-state index contributed by atoms with van der Waals surface area (Å²) in [6, 6.07) is 11.6. The van der Waals surface area contributed by atoms with Crippen molar-refractivity contribution in [3.05, 3.63) is 54.1 Å². The lowest BCUT2D eigenvalue weighted by Gasteiger charge is -2.10. The zero-order valence-corrected chi connectivity index (χ0v) is 10.2. The number of rotatable bonds is 4. The minimum absolute atomic E-state index is 0.155. The molecule has 2 aromatic carbocycles. The summed E-state index contributed by atoms with van der Waals surface area (Å²) in [5.74, 6) is 0.282. The molecule has 0 atom stereocenters. The monoisotopic (exact) mass is 284 g/mol. The normalized spacial score (nSPS) is 11.2. The SMILES string of the molecule is Oc1ccc(COc2ccc(OC(F)(F)F)cc2)cc1. The van der Waals surface area contributed by atoms with E-state index in [1.54, 1.807) is 12.1 Å². The Hall–Kier alpha value is -2.37. The maximum atomic E-state index is 12.0. The van der Waals surface area contributed by atoms with E-state index >= 15 is 0 Å². The van der Waals surface area contributed by atoms with E-state index in [1.165, 1.54) is 36.4 Å². The molecular weight excluding hydrogens is 273 g/mol. The third-order valence-corrected chi connectivity index (χ3v) is 2.40. The molecule has 0 aliphatic carbocycles. The Morgan fingerprint density at radius 1 is 0.850 bits per heavy atom. The van der Waals surface area contributed by atoms with Gasteiger partial charge in [-0.15, -0.1) is 13.2 Å². The summed E-state index contributed by atoms with van der Waals surface area (Å²) >= 11 is 0. The second-order valence-electron chi connectivity index (χ2n) is 3.97. The maximum Gasteiger partial charge on any atom is 0.573 e. The van der Waals surface area contributed by atoms with E-state index in [0.717, 1.165) is 5.56 Å². The fraction of sp³-hybridized carbons (Fsp3) is 0.143. The second-order valence-corrected chi connectivity index (χ2v) is 3.97. The topological polar surface area (TPSA) is 38.7 Å². The highest BCUT2D eigenvalue weighted by Gasteiger charge is 2.30. The van der Waals surface area contributed by atoms with E-state index in [4.69, 9.17) is 9.84 Å². The van der Waals surface area contributed by atoms with Crippen molar-refractivity contribution in [2.24, 2.45) is 0 Å². The Balaban J connectivity index is 1.92. The lowest BCUT2D eigenvalue weighted by Crippen LogP contribution is -2.16. The maximum absolute atomic E-state index is 12.0. The van der Waals surface area contributed by atoms with E-state index in [9.17, 15) is 13.2 Å². The third-order valence-electron chi connectivity index (χ3n) is 2.40. The van der Waals surface area contributed by atoms with Gasteiger partial charge >= 0.3 is 6.36 Å². The molecule has 2 rings (SSSR count). The van der Waals surface area contributed by atoms with Gasteiger partial charge in [0.2, 0.25) is 0 Å². The van der Waals surface area contributed by atoms with E-state index in [2.05, 4.69) is 4.74 Å². The molecule has 0 heterocycles. The van der Waals surface area contributed by atoms with Gasteiger partial charge in [-0.25, -0.2) is 0 Å². The molecule has 0 bridgehead atoms. The average Bonchev–Trinajstić information content (AvgIpc) is 2.38. The minimum Gasteiger partial charge on any atom is -0.508 e. The van der Waals surface area contributed by atoms with Gasteiger partial charge < -0.3 is 14.6 Å². The van der Waals surface area contributed by atoms with E-state index in [1.807, 2.05) is 0 Å². The van der Waals surface area contributed by atoms with Crippen LogP contribution in [0, 0.1) is 0 Å². The molecular formula is C14H11F3O3. The first-order valence-electron chi connectivity index (χ1n) is 5.69. The first kappa shape index (κ1) is 14.0. The Kier molecular flexibility index (Phi) is 4.02. The molecule has 20 heavy (non-hydrogen) atoms. The number of halogens is 3. The molecule has 0 saturated carbocycles. The third kappa shape index (κ3) is 4.38. The molecule has 0 saturated heterocycles. The minimum atomic E-state index is -4.70. The Morgan fingerprint density at radius 2 is 1.40 bits per heavy atom. The van der Waals surface area contributed by atoms with Gasteiger partial charge in [-0.05, 0) is 42.0 Å². The largest absolute Gasteiger partial charge is 0.573 e. The van der Waals surface area contributed by atoms with Crippen LogP contribution >= 0.6 is 0 Å². The lowest BCUT2D eigenvalue weighted by molar-refractivity contribution is -0.274. The van der Waals surface area contributed by atoms with Crippen LogP contribution in [0.2, 0.25) is 0 Å². The van der Waals surface area contributed by atoms with E-state index in [0.29, 0.717) is 5.75 Å². The van der Waals surface area contributed by atoms with Crippen LogP contribution in [-0.2, 0) is 6.61 Å². The molecule has 0 spiro atoms. The molecule has 2 aromatic rings. The predicted octanol–water partition coefficient (Wildman–Crippen LogP) is 3.87. The van der Waals surface area contributed by atoms with Crippen molar-refractivity contribution < 1.29 is 27.8 Å². The van der Waals surface area contributed by atoms with Gasteiger partial charge in [-0.1, -0.05) is 12.1 Å². The van der Waals surface area contributed by atoms with Crippen molar-refractivity contribution in [1.29, 1.82) is 0 Å². The molecule has 0 aliphatic rings. The predicted molar refractivity (Wildman–Crippen MR) is 65.6 cm³/mol. The molecule has 3 nitrogen and oxygen atoms in total. The highest BCUT2D eigenvalue weighted by atomic mass is 19.4. The molecule has 0 aromatic heterocycles. The fourth-order valence-corrected chi connectivity index (χ4v) is 1.50. The Labute approximate surface area is 113 Å². The molecule has 1 N–H and O–H groups in total. The zero-order chi connectivity index (χ0) is 14.6. The summed E-state index contributed by atoms with van der Waals surface area (Å²) < 4.78 is 45.1. The molecule has 0 radical (unpaired) electrons. The quantitative estimate of drug-likeness (QED) is 0.926. The number of ether oxygens (including phenoxy) is 2. The number of alkyl halides is 3. The van der Waals surface area contributed by atoms with Crippen molar-refractivity contribution in [3.63, 3.8) is 0 Å². The van der Waals surface area contributed by atoms with Gasteiger partial charge in [-0.3, -0.25) is 0 Å². The van der Waals surface area contributed by atoms with Crippen LogP contribution in [0.5, 0.6) is 17.2 Å². The van der Waals surface area contributed by atoms with Crippen LogP contribution in [0.25, 0.3) is 0 Å². The van der Waals surface area contributed by atoms with Crippen LogP contribution in [0.4, 0.5) is 13.2 Å². The van der Waals surface area contributed by atoms with Crippen LogP contribution in [0.1, 0.15) is 5.56 Å². The molecule has 0 unspecified atom stereocenters. The zero-order valence-electron chi connectivity index (χ0n) is 10.2. The summed E-state index contributed by atoms with van der Waals surface area (Å²) in [6.45, 7) is 0.250. The highest BCUT2D eigenvalue weighted by molar-refractivity contribution is 5.32. The second kappa shape index (κ2) is 5.73. The lowest BCUT2D eigenvalue weighted by atomic mass is 10.2.